The number of hydrogen-bond acceptors (Lipinski definition) is 6. The van der Waals surface area contributed by atoms with Gasteiger partial charge in [0.05, 0.1) is 39.1 Å². The number of carbonyl (C=O) groups is 3. The predicted molar refractivity (Wildman–Crippen MR) is 120 cm³/mol. The highest BCUT2D eigenvalue weighted by Gasteiger charge is 2.44. The highest BCUT2D eigenvalue weighted by Crippen LogP contribution is 2.31. The maximum Gasteiger partial charge on any atom is 0.257 e. The van der Waals surface area contributed by atoms with Crippen molar-refractivity contribution in [1.82, 2.24) is 4.90 Å². The second-order valence-electron chi connectivity index (χ2n) is 7.71. The van der Waals surface area contributed by atoms with Crippen LogP contribution >= 0.6 is 0 Å². The van der Waals surface area contributed by atoms with Gasteiger partial charge in [-0.1, -0.05) is 17.7 Å². The molecule has 0 bridgehead atoms. The van der Waals surface area contributed by atoms with E-state index in [2.05, 4.69) is 0 Å². The fraction of sp³-hybridized carbons (Fsp3) is 0.240. The van der Waals surface area contributed by atoms with E-state index in [1.165, 1.54) is 25.4 Å². The zero-order valence-electron chi connectivity index (χ0n) is 18.6. The van der Waals surface area contributed by atoms with E-state index in [-0.39, 0.29) is 18.9 Å². The third-order valence-corrected chi connectivity index (χ3v) is 5.59. The summed E-state index contributed by atoms with van der Waals surface area (Å²) >= 11 is 0. The number of rotatable bonds is 7. The van der Waals surface area contributed by atoms with Crippen molar-refractivity contribution >= 4 is 23.4 Å². The van der Waals surface area contributed by atoms with Crippen LogP contribution in [0.3, 0.4) is 0 Å². The summed E-state index contributed by atoms with van der Waals surface area (Å²) in [5, 5.41) is 0. The summed E-state index contributed by atoms with van der Waals surface area (Å²) in [7, 11) is 2.98. The van der Waals surface area contributed by atoms with Gasteiger partial charge >= 0.3 is 0 Å². The maximum absolute atomic E-state index is 13.6. The molecule has 8 nitrogen and oxygen atoms in total. The molecule has 1 unspecified atom stereocenters. The number of amides is 3. The molecule has 1 aliphatic heterocycles. The lowest BCUT2D eigenvalue weighted by Crippen LogP contribution is -2.45. The van der Waals surface area contributed by atoms with Crippen molar-refractivity contribution in [1.29, 1.82) is 0 Å². The molecule has 2 heterocycles. The molecule has 1 fully saturated rings. The fourth-order valence-corrected chi connectivity index (χ4v) is 3.85. The number of hydrogen-bond donors (Lipinski definition) is 0. The Morgan fingerprint density at radius 2 is 1.79 bits per heavy atom. The van der Waals surface area contributed by atoms with Gasteiger partial charge in [0.15, 0.2) is 11.5 Å². The average molecular weight is 448 g/mol. The van der Waals surface area contributed by atoms with Gasteiger partial charge in [0.25, 0.3) is 11.8 Å². The fourth-order valence-electron chi connectivity index (χ4n) is 3.85. The normalized spacial score (nSPS) is 15.6. The number of benzene rings is 2. The largest absolute Gasteiger partial charge is 0.493 e. The summed E-state index contributed by atoms with van der Waals surface area (Å²) in [6.45, 7) is 1.96. The molecule has 4 rings (SSSR count). The van der Waals surface area contributed by atoms with E-state index in [1.54, 1.807) is 42.5 Å². The minimum Gasteiger partial charge on any atom is -0.493 e. The van der Waals surface area contributed by atoms with Gasteiger partial charge in [0.1, 0.15) is 11.8 Å². The van der Waals surface area contributed by atoms with Crippen molar-refractivity contribution in [3.05, 3.63) is 77.7 Å². The van der Waals surface area contributed by atoms with Crippen LogP contribution in [0.15, 0.2) is 65.3 Å². The van der Waals surface area contributed by atoms with Crippen LogP contribution in [0.25, 0.3) is 0 Å². The zero-order chi connectivity index (χ0) is 23.5. The van der Waals surface area contributed by atoms with Crippen molar-refractivity contribution in [2.75, 3.05) is 19.1 Å². The molecule has 2 aromatic carbocycles. The summed E-state index contributed by atoms with van der Waals surface area (Å²) in [5.74, 6) is 0.116. The smallest absolute Gasteiger partial charge is 0.257 e. The molecular weight excluding hydrogens is 424 g/mol. The topological polar surface area (TPSA) is 89.3 Å². The first-order valence-corrected chi connectivity index (χ1v) is 10.4. The number of nitrogens with zero attached hydrogens (tertiary/aromatic N) is 2. The first kappa shape index (κ1) is 22.1. The van der Waals surface area contributed by atoms with Crippen LogP contribution in [-0.2, 0) is 16.1 Å². The molecule has 0 spiro atoms. The number of carbonyl (C=O) groups excluding carboxylic acids is 3. The molecular formula is C25H24N2O6. The number of imide groups is 1. The standard InChI is InChI=1S/C25H24N2O6/c1-16-6-9-18(10-7-16)27-23(28)14-20(25(27)30)26(15-19-5-4-12-33-19)24(29)17-8-11-21(31-2)22(13-17)32-3/h4-13,20H,14-15H2,1-3H3. The molecule has 3 aromatic rings. The first-order chi connectivity index (χ1) is 15.9. The summed E-state index contributed by atoms with van der Waals surface area (Å²) < 4.78 is 16.0. The molecule has 0 radical (unpaired) electrons. The Balaban J connectivity index is 1.69. The second-order valence-corrected chi connectivity index (χ2v) is 7.71. The summed E-state index contributed by atoms with van der Waals surface area (Å²) in [4.78, 5) is 42.3. The molecule has 0 aliphatic carbocycles. The molecule has 0 saturated carbocycles. The zero-order valence-corrected chi connectivity index (χ0v) is 18.6. The van der Waals surface area contributed by atoms with E-state index >= 15 is 0 Å². The Kier molecular flexibility index (Phi) is 6.17. The lowest BCUT2D eigenvalue weighted by Gasteiger charge is -2.27. The third-order valence-electron chi connectivity index (χ3n) is 5.59. The molecule has 1 aliphatic rings. The third kappa shape index (κ3) is 4.32. The Bertz CT molecular complexity index is 1170. The minimum absolute atomic E-state index is 0.0333. The van der Waals surface area contributed by atoms with Crippen LogP contribution < -0.4 is 14.4 Å². The van der Waals surface area contributed by atoms with E-state index in [0.29, 0.717) is 28.5 Å². The Morgan fingerprint density at radius 1 is 1.06 bits per heavy atom. The van der Waals surface area contributed by atoms with E-state index in [1.807, 2.05) is 19.1 Å². The molecule has 33 heavy (non-hydrogen) atoms. The van der Waals surface area contributed by atoms with E-state index in [9.17, 15) is 14.4 Å². The lowest BCUT2D eigenvalue weighted by atomic mass is 10.1. The highest BCUT2D eigenvalue weighted by atomic mass is 16.5. The van der Waals surface area contributed by atoms with Crippen molar-refractivity contribution in [2.45, 2.75) is 25.9 Å². The van der Waals surface area contributed by atoms with E-state index in [4.69, 9.17) is 13.9 Å². The maximum atomic E-state index is 13.6. The highest BCUT2D eigenvalue weighted by molar-refractivity contribution is 6.23. The molecule has 1 atom stereocenters. The molecule has 1 aromatic heterocycles. The van der Waals surface area contributed by atoms with Crippen molar-refractivity contribution in [2.24, 2.45) is 0 Å². The van der Waals surface area contributed by atoms with Gasteiger partial charge < -0.3 is 18.8 Å². The average Bonchev–Trinajstić information content (AvgIpc) is 3.44. The van der Waals surface area contributed by atoms with Gasteiger partial charge in [-0.05, 0) is 49.4 Å². The van der Waals surface area contributed by atoms with E-state index < -0.39 is 17.9 Å². The summed E-state index contributed by atoms with van der Waals surface area (Å²) in [6.07, 6.45) is 1.38. The van der Waals surface area contributed by atoms with Gasteiger partial charge in [-0.2, -0.15) is 0 Å². The molecule has 1 saturated heterocycles. The van der Waals surface area contributed by atoms with Crippen LogP contribution in [0.5, 0.6) is 11.5 Å². The van der Waals surface area contributed by atoms with Crippen molar-refractivity contribution < 1.29 is 28.3 Å². The van der Waals surface area contributed by atoms with Crippen LogP contribution in [0.1, 0.15) is 28.1 Å². The lowest BCUT2D eigenvalue weighted by molar-refractivity contribution is -0.122. The van der Waals surface area contributed by atoms with Gasteiger partial charge in [0, 0.05) is 5.56 Å². The number of aryl methyl sites for hydroxylation is 1. The van der Waals surface area contributed by atoms with Gasteiger partial charge in [-0.15, -0.1) is 0 Å². The predicted octanol–water partition coefficient (Wildman–Crippen LogP) is 3.58. The number of ether oxygens (including phenoxy) is 2. The molecule has 0 N–H and O–H groups in total. The molecule has 170 valence electrons. The number of anilines is 1. The van der Waals surface area contributed by atoms with E-state index in [0.717, 1.165) is 10.5 Å². The molecule has 8 heteroatoms. The van der Waals surface area contributed by atoms with Gasteiger partial charge in [0.2, 0.25) is 5.91 Å². The quantitative estimate of drug-likeness (QED) is 0.514. The summed E-state index contributed by atoms with van der Waals surface area (Å²) in [6, 6.07) is 14.3. The minimum atomic E-state index is -0.968. The number of methoxy groups -OCH3 is 2. The summed E-state index contributed by atoms with van der Waals surface area (Å²) in [5.41, 5.74) is 1.79. The first-order valence-electron chi connectivity index (χ1n) is 10.4. The Morgan fingerprint density at radius 3 is 2.42 bits per heavy atom. The van der Waals surface area contributed by atoms with Crippen LogP contribution in [-0.4, -0.2) is 42.9 Å². The van der Waals surface area contributed by atoms with Gasteiger partial charge in [-0.3, -0.25) is 14.4 Å². The monoisotopic (exact) mass is 448 g/mol. The van der Waals surface area contributed by atoms with Crippen molar-refractivity contribution in [3.63, 3.8) is 0 Å². The van der Waals surface area contributed by atoms with Crippen LogP contribution in [0.2, 0.25) is 0 Å². The second kappa shape index (κ2) is 9.20. The Labute approximate surface area is 191 Å². The van der Waals surface area contributed by atoms with Gasteiger partial charge in [-0.25, -0.2) is 4.90 Å². The Hall–Kier alpha value is -4.07. The van der Waals surface area contributed by atoms with Crippen LogP contribution in [0, 0.1) is 6.92 Å². The molecule has 3 amide bonds. The van der Waals surface area contributed by atoms with Crippen molar-refractivity contribution in [3.8, 4) is 11.5 Å². The SMILES string of the molecule is COc1ccc(C(=O)N(Cc2ccco2)C2CC(=O)N(c3ccc(C)cc3)C2=O)cc1OC. The number of furan rings is 1. The van der Waals surface area contributed by atoms with Crippen LogP contribution in [0.4, 0.5) is 5.69 Å².